The number of nitrogens with one attached hydrogen (secondary N) is 2. The van der Waals surface area contributed by atoms with Crippen molar-refractivity contribution in [3.05, 3.63) is 54.1 Å². The third-order valence-electron chi connectivity index (χ3n) is 4.13. The fourth-order valence-electron chi connectivity index (χ4n) is 2.45. The van der Waals surface area contributed by atoms with Crippen LogP contribution in [0.1, 0.15) is 18.4 Å². The van der Waals surface area contributed by atoms with Crippen LogP contribution in [0.15, 0.2) is 48.5 Å². The van der Waals surface area contributed by atoms with Crippen molar-refractivity contribution < 1.29 is 19.1 Å². The van der Waals surface area contributed by atoms with Crippen LogP contribution >= 0.6 is 0 Å². The number of benzene rings is 2. The summed E-state index contributed by atoms with van der Waals surface area (Å²) in [5.74, 6) is 1.27. The maximum absolute atomic E-state index is 11.9. The van der Waals surface area contributed by atoms with E-state index in [2.05, 4.69) is 10.6 Å². The van der Waals surface area contributed by atoms with Crippen molar-refractivity contribution in [3.8, 4) is 11.5 Å². The van der Waals surface area contributed by atoms with E-state index in [4.69, 9.17) is 9.47 Å². The number of anilines is 1. The Kier molecular flexibility index (Phi) is 6.30. The molecule has 2 N–H and O–H groups in total. The molecule has 6 nitrogen and oxygen atoms in total. The molecule has 0 heterocycles. The van der Waals surface area contributed by atoms with Gasteiger partial charge in [-0.1, -0.05) is 23.8 Å². The number of hydrogen-bond donors (Lipinski definition) is 2. The number of carbonyl (C=O) groups is 2. The molecule has 27 heavy (non-hydrogen) atoms. The molecule has 0 radical (unpaired) electrons. The molecule has 0 spiro atoms. The Labute approximate surface area is 158 Å². The highest BCUT2D eigenvalue weighted by molar-refractivity contribution is 5.94. The lowest BCUT2D eigenvalue weighted by Crippen LogP contribution is -2.32. The van der Waals surface area contributed by atoms with Gasteiger partial charge >= 0.3 is 0 Å². The Hall–Kier alpha value is -3.02. The number of hydrogen-bond acceptors (Lipinski definition) is 4. The standard InChI is InChI=1S/C21H24N2O4/c1-15-5-9-18(10-6-15)26-12-11-22-20(24)14-27-19-4-2-3-17(13-19)23-21(25)16-7-8-16/h2-6,9-10,13,16H,7-8,11-12,14H2,1H3,(H,22,24)(H,23,25). The maximum Gasteiger partial charge on any atom is 0.258 e. The molecule has 2 aromatic rings. The van der Waals surface area contributed by atoms with Crippen LogP contribution in [-0.4, -0.2) is 31.6 Å². The Morgan fingerprint density at radius 2 is 1.81 bits per heavy atom. The lowest BCUT2D eigenvalue weighted by Gasteiger charge is -2.10. The summed E-state index contributed by atoms with van der Waals surface area (Å²) in [6, 6.07) is 14.8. The molecule has 142 valence electrons. The van der Waals surface area contributed by atoms with Gasteiger partial charge in [0, 0.05) is 17.7 Å². The molecule has 2 aromatic carbocycles. The van der Waals surface area contributed by atoms with Crippen LogP contribution in [0, 0.1) is 12.8 Å². The van der Waals surface area contributed by atoms with E-state index in [1.165, 1.54) is 5.56 Å². The van der Waals surface area contributed by atoms with Gasteiger partial charge in [0.1, 0.15) is 18.1 Å². The van der Waals surface area contributed by atoms with Gasteiger partial charge in [0.2, 0.25) is 5.91 Å². The first-order valence-corrected chi connectivity index (χ1v) is 9.10. The van der Waals surface area contributed by atoms with Crippen molar-refractivity contribution in [1.82, 2.24) is 5.32 Å². The molecule has 0 aromatic heterocycles. The van der Waals surface area contributed by atoms with E-state index in [-0.39, 0.29) is 24.3 Å². The lowest BCUT2D eigenvalue weighted by atomic mass is 10.2. The third-order valence-corrected chi connectivity index (χ3v) is 4.13. The molecular formula is C21H24N2O4. The molecule has 2 amide bonds. The van der Waals surface area contributed by atoms with E-state index in [1.54, 1.807) is 24.3 Å². The predicted octanol–water partition coefficient (Wildman–Crippen LogP) is 2.92. The largest absolute Gasteiger partial charge is 0.492 e. The van der Waals surface area contributed by atoms with Gasteiger partial charge in [-0.3, -0.25) is 9.59 Å². The third kappa shape index (κ3) is 6.33. The molecule has 6 heteroatoms. The van der Waals surface area contributed by atoms with Crippen molar-refractivity contribution >= 4 is 17.5 Å². The van der Waals surface area contributed by atoms with Crippen molar-refractivity contribution in [1.29, 1.82) is 0 Å². The van der Waals surface area contributed by atoms with Crippen LogP contribution in [-0.2, 0) is 9.59 Å². The van der Waals surface area contributed by atoms with Crippen LogP contribution in [0.25, 0.3) is 0 Å². The zero-order valence-electron chi connectivity index (χ0n) is 15.4. The van der Waals surface area contributed by atoms with E-state index in [0.717, 1.165) is 18.6 Å². The summed E-state index contributed by atoms with van der Waals surface area (Å²) in [6.07, 6.45) is 1.91. The van der Waals surface area contributed by atoms with Gasteiger partial charge < -0.3 is 20.1 Å². The summed E-state index contributed by atoms with van der Waals surface area (Å²) < 4.78 is 11.0. The van der Waals surface area contributed by atoms with Crippen LogP contribution in [0.2, 0.25) is 0 Å². The van der Waals surface area contributed by atoms with E-state index in [1.807, 2.05) is 31.2 Å². The van der Waals surface area contributed by atoms with E-state index in [9.17, 15) is 9.59 Å². The fourth-order valence-corrected chi connectivity index (χ4v) is 2.45. The summed E-state index contributed by atoms with van der Waals surface area (Å²) in [5.41, 5.74) is 1.85. The Balaban J connectivity index is 1.34. The second-order valence-corrected chi connectivity index (χ2v) is 6.59. The highest BCUT2D eigenvalue weighted by Gasteiger charge is 2.29. The number of ether oxygens (including phenoxy) is 2. The Morgan fingerprint density at radius 3 is 2.56 bits per heavy atom. The molecule has 1 aliphatic carbocycles. The van der Waals surface area contributed by atoms with E-state index >= 15 is 0 Å². The molecule has 0 bridgehead atoms. The molecule has 1 aliphatic rings. The minimum Gasteiger partial charge on any atom is -0.492 e. The van der Waals surface area contributed by atoms with Gasteiger partial charge in [-0.25, -0.2) is 0 Å². The fraction of sp³-hybridized carbons (Fsp3) is 0.333. The maximum atomic E-state index is 11.9. The minimum atomic E-state index is -0.227. The summed E-state index contributed by atoms with van der Waals surface area (Å²) in [5, 5.41) is 5.60. The highest BCUT2D eigenvalue weighted by atomic mass is 16.5. The molecule has 0 aliphatic heterocycles. The van der Waals surface area contributed by atoms with Gasteiger partial charge in [0.25, 0.3) is 5.91 Å². The van der Waals surface area contributed by atoms with Crippen LogP contribution in [0.5, 0.6) is 11.5 Å². The topological polar surface area (TPSA) is 76.7 Å². The average molecular weight is 368 g/mol. The van der Waals surface area contributed by atoms with E-state index < -0.39 is 0 Å². The number of rotatable bonds is 9. The molecule has 1 saturated carbocycles. The zero-order valence-corrected chi connectivity index (χ0v) is 15.4. The molecule has 0 saturated heterocycles. The van der Waals surface area contributed by atoms with Crippen molar-refractivity contribution in [2.24, 2.45) is 5.92 Å². The first-order chi connectivity index (χ1) is 13.1. The monoisotopic (exact) mass is 368 g/mol. The van der Waals surface area contributed by atoms with Gasteiger partial charge in [0.15, 0.2) is 6.61 Å². The molecular weight excluding hydrogens is 344 g/mol. The Morgan fingerprint density at radius 1 is 1.04 bits per heavy atom. The van der Waals surface area contributed by atoms with Crippen molar-refractivity contribution in [3.63, 3.8) is 0 Å². The van der Waals surface area contributed by atoms with Gasteiger partial charge in [-0.15, -0.1) is 0 Å². The predicted molar refractivity (Wildman–Crippen MR) is 103 cm³/mol. The minimum absolute atomic E-state index is 0.0402. The highest BCUT2D eigenvalue weighted by Crippen LogP contribution is 2.30. The van der Waals surface area contributed by atoms with Crippen LogP contribution < -0.4 is 20.1 Å². The summed E-state index contributed by atoms with van der Waals surface area (Å²) in [4.78, 5) is 23.7. The summed E-state index contributed by atoms with van der Waals surface area (Å²) >= 11 is 0. The molecule has 3 rings (SSSR count). The van der Waals surface area contributed by atoms with Gasteiger partial charge in [0.05, 0.1) is 6.54 Å². The normalized spacial score (nSPS) is 12.9. The smallest absolute Gasteiger partial charge is 0.258 e. The summed E-state index contributed by atoms with van der Waals surface area (Å²) in [7, 11) is 0. The second-order valence-electron chi connectivity index (χ2n) is 6.59. The lowest BCUT2D eigenvalue weighted by molar-refractivity contribution is -0.123. The quantitative estimate of drug-likeness (QED) is 0.667. The van der Waals surface area contributed by atoms with Crippen LogP contribution in [0.4, 0.5) is 5.69 Å². The van der Waals surface area contributed by atoms with E-state index in [0.29, 0.717) is 24.6 Å². The zero-order chi connectivity index (χ0) is 19.1. The molecule has 1 fully saturated rings. The van der Waals surface area contributed by atoms with Crippen molar-refractivity contribution in [2.45, 2.75) is 19.8 Å². The average Bonchev–Trinajstić information content (AvgIpc) is 3.51. The Bertz CT molecular complexity index is 785. The van der Waals surface area contributed by atoms with Crippen molar-refractivity contribution in [2.75, 3.05) is 25.1 Å². The molecule has 0 unspecified atom stereocenters. The first-order valence-electron chi connectivity index (χ1n) is 9.10. The van der Waals surface area contributed by atoms with Gasteiger partial charge in [-0.2, -0.15) is 0 Å². The SMILES string of the molecule is Cc1ccc(OCCNC(=O)COc2cccc(NC(=O)C3CC3)c2)cc1. The number of aryl methyl sites for hydroxylation is 1. The summed E-state index contributed by atoms with van der Waals surface area (Å²) in [6.45, 7) is 2.70. The number of carbonyl (C=O) groups excluding carboxylic acids is 2. The first kappa shape index (κ1) is 18.8. The van der Waals surface area contributed by atoms with Crippen LogP contribution in [0.3, 0.4) is 0 Å². The second kappa shape index (κ2) is 9.07. The van der Waals surface area contributed by atoms with Gasteiger partial charge in [-0.05, 0) is 44.0 Å². The molecule has 0 atom stereocenters. The number of amides is 2.